The van der Waals surface area contributed by atoms with Gasteiger partial charge in [0.25, 0.3) is 17.6 Å². The van der Waals surface area contributed by atoms with Crippen molar-refractivity contribution in [3.05, 3.63) is 59.4 Å². The van der Waals surface area contributed by atoms with Crippen LogP contribution in [0.4, 0.5) is 5.69 Å². The Kier molecular flexibility index (Phi) is 6.00. The van der Waals surface area contributed by atoms with Crippen LogP contribution in [0, 0.1) is 0 Å². The van der Waals surface area contributed by atoms with E-state index in [9.17, 15) is 4.79 Å². The van der Waals surface area contributed by atoms with Crippen molar-refractivity contribution in [3.63, 3.8) is 0 Å². The lowest BCUT2D eigenvalue weighted by molar-refractivity contribution is -0.114. The predicted octanol–water partition coefficient (Wildman–Crippen LogP) is 1.25. The van der Waals surface area contributed by atoms with Crippen molar-refractivity contribution >= 4 is 28.6 Å². The molecule has 0 saturated heterocycles. The van der Waals surface area contributed by atoms with Crippen LogP contribution in [0.5, 0.6) is 23.4 Å². The van der Waals surface area contributed by atoms with E-state index in [1.165, 1.54) is 4.90 Å². The van der Waals surface area contributed by atoms with Gasteiger partial charge in [0.15, 0.2) is 11.4 Å². The molecule has 11 nitrogen and oxygen atoms in total. The predicted molar refractivity (Wildman–Crippen MR) is 127 cm³/mol. The van der Waals surface area contributed by atoms with Gasteiger partial charge in [-0.2, -0.15) is 9.97 Å². The van der Waals surface area contributed by atoms with E-state index in [0.717, 1.165) is 0 Å². The summed E-state index contributed by atoms with van der Waals surface area (Å²) in [4.78, 5) is 30.3. The van der Waals surface area contributed by atoms with Crippen LogP contribution in [0.3, 0.4) is 0 Å². The van der Waals surface area contributed by atoms with Crippen LogP contribution < -0.4 is 26.4 Å². The topological polar surface area (TPSA) is 171 Å². The first-order chi connectivity index (χ1) is 16.2. The second-order valence-electron chi connectivity index (χ2n) is 7.69. The molecule has 0 atom stereocenters. The van der Waals surface area contributed by atoms with Gasteiger partial charge in [-0.1, -0.05) is 13.0 Å². The molecule has 0 aliphatic rings. The summed E-state index contributed by atoms with van der Waals surface area (Å²) in [6.07, 6.45) is 0.652. The van der Waals surface area contributed by atoms with E-state index in [-0.39, 0.29) is 29.4 Å². The third-order valence-electron chi connectivity index (χ3n) is 4.93. The van der Waals surface area contributed by atoms with Crippen molar-refractivity contribution in [3.8, 4) is 23.4 Å². The number of H-pyrrole nitrogens is 1. The Morgan fingerprint density at radius 1 is 1.09 bits per heavy atom. The Hall–Kier alpha value is -4.67. The second-order valence-corrected chi connectivity index (χ2v) is 7.69. The smallest absolute Gasteiger partial charge is 0.327 e. The van der Waals surface area contributed by atoms with E-state index >= 15 is 0 Å². The number of amides is 1. The third kappa shape index (κ3) is 4.58. The summed E-state index contributed by atoms with van der Waals surface area (Å²) in [5.74, 6) is 1.55. The van der Waals surface area contributed by atoms with Crippen molar-refractivity contribution in [2.75, 3.05) is 19.8 Å². The normalized spacial score (nSPS) is 10.8. The number of nitrogens with two attached hydrogens (primary N) is 3. The lowest BCUT2D eigenvalue weighted by Crippen LogP contribution is -2.46. The molecular formula is C23H25N8O3+. The molecular weight excluding hydrogens is 436 g/mol. The zero-order valence-corrected chi connectivity index (χ0v) is 19.0. The first-order valence-electron chi connectivity index (χ1n) is 10.5. The highest BCUT2D eigenvalue weighted by Gasteiger charge is 2.18. The van der Waals surface area contributed by atoms with Gasteiger partial charge >= 0.3 is 6.01 Å². The van der Waals surface area contributed by atoms with Crippen molar-refractivity contribution in [1.29, 1.82) is 0 Å². The fourth-order valence-corrected chi connectivity index (χ4v) is 3.15. The third-order valence-corrected chi connectivity index (χ3v) is 4.93. The molecule has 174 valence electrons. The number of rotatable bonds is 7. The van der Waals surface area contributed by atoms with Crippen molar-refractivity contribution in [1.82, 2.24) is 24.8 Å². The molecule has 11 heteroatoms. The highest BCUT2D eigenvalue weighted by atomic mass is 16.5. The SMILES string of the molecule is CCc1nc2nc(Oc3cc(C(N)=[NH2+])ccc3N)nc(Oc3cccc(C(=O)N(C)C)c3)c2[nH]1. The summed E-state index contributed by atoms with van der Waals surface area (Å²) >= 11 is 0. The number of ether oxygens (including phenoxy) is 2. The maximum absolute atomic E-state index is 12.3. The number of aromatic nitrogens is 4. The zero-order chi connectivity index (χ0) is 24.4. The molecule has 0 saturated carbocycles. The quantitative estimate of drug-likeness (QED) is 0.181. The number of carbonyl (C=O) groups excluding carboxylic acids is 1. The van der Waals surface area contributed by atoms with Crippen LogP contribution in [0.15, 0.2) is 42.5 Å². The molecule has 1 amide bonds. The number of fused-ring (bicyclic) bond motifs is 1. The van der Waals surface area contributed by atoms with Crippen LogP contribution in [0.25, 0.3) is 11.2 Å². The molecule has 0 bridgehead atoms. The maximum atomic E-state index is 12.3. The van der Waals surface area contributed by atoms with Crippen LogP contribution in [0.2, 0.25) is 0 Å². The molecule has 0 unspecified atom stereocenters. The Bertz CT molecular complexity index is 1400. The number of aryl methyl sites for hydroxylation is 1. The van der Waals surface area contributed by atoms with Gasteiger partial charge in [0.05, 0.1) is 11.3 Å². The number of carbonyl (C=O) groups is 1. The van der Waals surface area contributed by atoms with Crippen LogP contribution >= 0.6 is 0 Å². The van der Waals surface area contributed by atoms with Gasteiger partial charge in [0.2, 0.25) is 0 Å². The van der Waals surface area contributed by atoms with Crippen LogP contribution in [-0.4, -0.2) is 50.7 Å². The fourth-order valence-electron chi connectivity index (χ4n) is 3.15. The zero-order valence-electron chi connectivity index (χ0n) is 19.0. The number of hydrogen-bond donors (Lipinski definition) is 4. The largest absolute Gasteiger partial charge is 0.437 e. The fraction of sp³-hybridized carbons (Fsp3) is 0.174. The van der Waals surface area contributed by atoms with E-state index < -0.39 is 0 Å². The minimum Gasteiger partial charge on any atom is -0.437 e. The lowest BCUT2D eigenvalue weighted by Gasteiger charge is -2.12. The number of imidazole rings is 1. The van der Waals surface area contributed by atoms with Gasteiger partial charge in [0, 0.05) is 26.1 Å². The number of amidine groups is 1. The summed E-state index contributed by atoms with van der Waals surface area (Å²) in [5, 5.41) is 5.69. The van der Waals surface area contributed by atoms with Crippen molar-refractivity contribution in [2.45, 2.75) is 13.3 Å². The summed E-state index contributed by atoms with van der Waals surface area (Å²) in [6.45, 7) is 1.96. The van der Waals surface area contributed by atoms with E-state index in [1.54, 1.807) is 56.6 Å². The number of aromatic amines is 1. The van der Waals surface area contributed by atoms with Crippen LogP contribution in [-0.2, 0) is 6.42 Å². The first-order valence-corrected chi connectivity index (χ1v) is 10.5. The highest BCUT2D eigenvalue weighted by molar-refractivity contribution is 5.94. The molecule has 4 rings (SSSR count). The van der Waals surface area contributed by atoms with Gasteiger partial charge in [-0.15, -0.1) is 0 Å². The molecule has 34 heavy (non-hydrogen) atoms. The Morgan fingerprint density at radius 2 is 1.88 bits per heavy atom. The average Bonchev–Trinajstić information content (AvgIpc) is 3.23. The molecule has 0 fully saturated rings. The molecule has 2 aromatic heterocycles. The molecule has 0 spiro atoms. The Balaban J connectivity index is 1.75. The molecule has 4 aromatic rings. The summed E-state index contributed by atoms with van der Waals surface area (Å²) in [6, 6.07) is 11.7. The summed E-state index contributed by atoms with van der Waals surface area (Å²) in [7, 11) is 3.36. The molecule has 2 aromatic carbocycles. The second kappa shape index (κ2) is 9.06. The van der Waals surface area contributed by atoms with E-state index in [1.807, 2.05) is 6.92 Å². The number of benzene rings is 2. The number of anilines is 1. The standard InChI is InChI=1S/C23H24N8O3/c1-4-17-27-18-20(28-17)29-23(34-16-11-12(19(25)26)8-9-15(16)24)30-21(18)33-14-7-5-6-13(10-14)22(32)31(2)3/h5-11H,4,24H2,1-3H3,(H3,25,26)(H,27,28,29,30)/p+1. The highest BCUT2D eigenvalue weighted by Crippen LogP contribution is 2.32. The van der Waals surface area contributed by atoms with E-state index in [0.29, 0.717) is 46.0 Å². The molecule has 0 radical (unpaired) electrons. The molecule has 0 aliphatic carbocycles. The van der Waals surface area contributed by atoms with E-state index in [4.69, 9.17) is 26.4 Å². The Labute approximate surface area is 195 Å². The molecule has 2 heterocycles. The number of hydrogen-bond acceptors (Lipinski definition) is 7. The minimum atomic E-state index is -0.150. The van der Waals surface area contributed by atoms with Gasteiger partial charge in [-0.25, -0.2) is 4.98 Å². The summed E-state index contributed by atoms with van der Waals surface area (Å²) < 4.78 is 11.9. The molecule has 7 N–H and O–H groups in total. The average molecular weight is 462 g/mol. The number of nitrogens with zero attached hydrogens (tertiary/aromatic N) is 4. The van der Waals surface area contributed by atoms with Crippen molar-refractivity contribution in [2.24, 2.45) is 5.73 Å². The first kappa shape index (κ1) is 22.5. The number of nitrogens with one attached hydrogen (secondary N) is 1. The maximum Gasteiger partial charge on any atom is 0.327 e. The van der Waals surface area contributed by atoms with Crippen molar-refractivity contribution < 1.29 is 19.7 Å². The Morgan fingerprint density at radius 3 is 2.59 bits per heavy atom. The lowest BCUT2D eigenvalue weighted by atomic mass is 10.2. The molecule has 0 aliphatic heterocycles. The van der Waals surface area contributed by atoms with Gasteiger partial charge in [0.1, 0.15) is 17.1 Å². The van der Waals surface area contributed by atoms with Gasteiger partial charge < -0.3 is 25.1 Å². The summed E-state index contributed by atoms with van der Waals surface area (Å²) in [5.41, 5.74) is 14.0. The van der Waals surface area contributed by atoms with E-state index in [2.05, 4.69) is 19.9 Å². The van der Waals surface area contributed by atoms with Gasteiger partial charge in [-0.05, 0) is 36.4 Å². The minimum absolute atomic E-state index is 0.0309. The monoisotopic (exact) mass is 461 g/mol. The number of nitrogen functional groups attached to an aromatic ring is 1. The van der Waals surface area contributed by atoms with Gasteiger partial charge in [-0.3, -0.25) is 15.9 Å². The van der Waals surface area contributed by atoms with Crippen LogP contribution in [0.1, 0.15) is 28.7 Å².